The number of piperidine rings is 1. The van der Waals surface area contributed by atoms with Crippen molar-refractivity contribution in [1.29, 1.82) is 0 Å². The maximum absolute atomic E-state index is 6.04. The minimum absolute atomic E-state index is 0.416. The van der Waals surface area contributed by atoms with Crippen molar-refractivity contribution in [1.82, 2.24) is 4.90 Å². The van der Waals surface area contributed by atoms with E-state index in [1.165, 1.54) is 4.88 Å². The Bertz CT molecular complexity index is 239. The van der Waals surface area contributed by atoms with Crippen LogP contribution >= 0.6 is 22.9 Å². The largest absolute Gasteiger partial charge is 0.298 e. The summed E-state index contributed by atoms with van der Waals surface area (Å²) in [5.74, 6) is 0. The zero-order valence-corrected chi connectivity index (χ0v) is 9.15. The summed E-state index contributed by atoms with van der Waals surface area (Å²) in [5, 5.41) is 2.56. The lowest BCUT2D eigenvalue weighted by Crippen LogP contribution is -2.33. The van der Waals surface area contributed by atoms with Gasteiger partial charge in [0.15, 0.2) is 0 Å². The van der Waals surface area contributed by atoms with Crippen LogP contribution in [0.3, 0.4) is 0 Å². The molecule has 0 amide bonds. The summed E-state index contributed by atoms with van der Waals surface area (Å²) in [6.45, 7) is 3.43. The highest BCUT2D eigenvalue weighted by atomic mass is 35.5. The molecule has 0 unspecified atom stereocenters. The SMILES string of the molecule is ClC1CCN(Cc2cccs2)CC1. The molecule has 3 heteroatoms. The summed E-state index contributed by atoms with van der Waals surface area (Å²) < 4.78 is 0. The van der Waals surface area contributed by atoms with Crippen LogP contribution in [0.5, 0.6) is 0 Å². The summed E-state index contributed by atoms with van der Waals surface area (Å²) in [4.78, 5) is 3.96. The van der Waals surface area contributed by atoms with E-state index in [2.05, 4.69) is 22.4 Å². The molecule has 1 aliphatic heterocycles. The first-order valence-corrected chi connectivity index (χ1v) is 6.05. The van der Waals surface area contributed by atoms with E-state index in [-0.39, 0.29) is 0 Å². The molecule has 0 aliphatic carbocycles. The molecule has 0 saturated carbocycles. The molecular formula is C10H14ClNS. The van der Waals surface area contributed by atoms with Gasteiger partial charge < -0.3 is 0 Å². The van der Waals surface area contributed by atoms with Crippen molar-refractivity contribution in [2.45, 2.75) is 24.8 Å². The first-order valence-electron chi connectivity index (χ1n) is 4.73. The van der Waals surface area contributed by atoms with E-state index in [1.54, 1.807) is 0 Å². The van der Waals surface area contributed by atoms with Crippen molar-refractivity contribution >= 4 is 22.9 Å². The number of likely N-dealkylation sites (tertiary alicyclic amines) is 1. The van der Waals surface area contributed by atoms with E-state index in [0.717, 1.165) is 32.5 Å². The third kappa shape index (κ3) is 2.70. The number of hydrogen-bond donors (Lipinski definition) is 0. The maximum Gasteiger partial charge on any atom is 0.0360 e. The molecule has 1 nitrogen and oxygen atoms in total. The van der Waals surface area contributed by atoms with E-state index >= 15 is 0 Å². The Morgan fingerprint density at radius 3 is 2.85 bits per heavy atom. The summed E-state index contributed by atoms with van der Waals surface area (Å²) >= 11 is 7.88. The Labute approximate surface area is 88.3 Å². The molecule has 1 aromatic rings. The third-order valence-electron chi connectivity index (χ3n) is 2.48. The lowest BCUT2D eigenvalue weighted by molar-refractivity contribution is 0.225. The second-order valence-electron chi connectivity index (χ2n) is 3.53. The van der Waals surface area contributed by atoms with Crippen LogP contribution in [-0.2, 0) is 6.54 Å². The van der Waals surface area contributed by atoms with Gasteiger partial charge in [-0.2, -0.15) is 0 Å². The smallest absolute Gasteiger partial charge is 0.0360 e. The van der Waals surface area contributed by atoms with Gasteiger partial charge in [-0.05, 0) is 37.4 Å². The van der Waals surface area contributed by atoms with Crippen LogP contribution < -0.4 is 0 Å². The fourth-order valence-electron chi connectivity index (χ4n) is 1.68. The third-order valence-corrected chi connectivity index (χ3v) is 3.77. The molecule has 1 aromatic heterocycles. The highest BCUT2D eigenvalue weighted by Crippen LogP contribution is 2.19. The van der Waals surface area contributed by atoms with Crippen LogP contribution in [0.25, 0.3) is 0 Å². The lowest BCUT2D eigenvalue weighted by Gasteiger charge is -2.28. The molecule has 13 heavy (non-hydrogen) atoms. The van der Waals surface area contributed by atoms with Gasteiger partial charge in [-0.15, -0.1) is 22.9 Å². The Kier molecular flexibility index (Phi) is 3.25. The standard InChI is InChI=1S/C10H14ClNS/c11-9-3-5-12(6-4-9)8-10-2-1-7-13-10/h1-2,7,9H,3-6,8H2. The van der Waals surface area contributed by atoms with Crippen molar-refractivity contribution in [3.63, 3.8) is 0 Å². The van der Waals surface area contributed by atoms with Crippen LogP contribution in [0, 0.1) is 0 Å². The molecule has 1 saturated heterocycles. The van der Waals surface area contributed by atoms with Gasteiger partial charge in [-0.25, -0.2) is 0 Å². The Hall–Kier alpha value is -0.0500. The molecule has 72 valence electrons. The highest BCUT2D eigenvalue weighted by molar-refractivity contribution is 7.09. The zero-order valence-electron chi connectivity index (χ0n) is 7.58. The predicted octanol–water partition coefficient (Wildman–Crippen LogP) is 2.95. The average Bonchev–Trinajstić information content (AvgIpc) is 2.62. The van der Waals surface area contributed by atoms with Crippen molar-refractivity contribution in [2.24, 2.45) is 0 Å². The Balaban J connectivity index is 1.83. The monoisotopic (exact) mass is 215 g/mol. The van der Waals surface area contributed by atoms with Gasteiger partial charge in [0.05, 0.1) is 0 Å². The van der Waals surface area contributed by atoms with Crippen molar-refractivity contribution in [3.8, 4) is 0 Å². The number of alkyl halides is 1. The van der Waals surface area contributed by atoms with Crippen LogP contribution in [0.15, 0.2) is 17.5 Å². The number of hydrogen-bond acceptors (Lipinski definition) is 2. The molecule has 0 bridgehead atoms. The van der Waals surface area contributed by atoms with Gasteiger partial charge in [-0.1, -0.05) is 6.07 Å². The molecule has 0 spiro atoms. The molecule has 0 aromatic carbocycles. The first-order chi connectivity index (χ1) is 6.34. The molecule has 2 heterocycles. The number of rotatable bonds is 2. The summed E-state index contributed by atoms with van der Waals surface area (Å²) in [6, 6.07) is 4.33. The van der Waals surface area contributed by atoms with E-state index in [0.29, 0.717) is 5.38 Å². The minimum Gasteiger partial charge on any atom is -0.298 e. The summed E-state index contributed by atoms with van der Waals surface area (Å²) in [6.07, 6.45) is 2.29. The fourth-order valence-corrected chi connectivity index (χ4v) is 2.62. The van der Waals surface area contributed by atoms with Gasteiger partial charge in [-0.3, -0.25) is 4.90 Å². The Morgan fingerprint density at radius 1 is 1.46 bits per heavy atom. The molecular weight excluding hydrogens is 202 g/mol. The quantitative estimate of drug-likeness (QED) is 0.686. The van der Waals surface area contributed by atoms with Crippen molar-refractivity contribution in [3.05, 3.63) is 22.4 Å². The van der Waals surface area contributed by atoms with Gasteiger partial charge in [0.25, 0.3) is 0 Å². The van der Waals surface area contributed by atoms with E-state index in [9.17, 15) is 0 Å². The van der Waals surface area contributed by atoms with Crippen LogP contribution in [0.1, 0.15) is 17.7 Å². The maximum atomic E-state index is 6.04. The summed E-state index contributed by atoms with van der Waals surface area (Å²) in [7, 11) is 0. The second kappa shape index (κ2) is 4.45. The Morgan fingerprint density at radius 2 is 2.23 bits per heavy atom. The zero-order chi connectivity index (χ0) is 9.10. The molecule has 0 atom stereocenters. The molecule has 1 aliphatic rings. The van der Waals surface area contributed by atoms with E-state index in [1.807, 2.05) is 11.3 Å². The number of thiophene rings is 1. The molecule has 1 fully saturated rings. The van der Waals surface area contributed by atoms with Crippen LogP contribution in [0.2, 0.25) is 0 Å². The minimum atomic E-state index is 0.416. The normalized spacial score (nSPS) is 20.7. The lowest BCUT2D eigenvalue weighted by atomic mass is 10.1. The van der Waals surface area contributed by atoms with Crippen LogP contribution in [-0.4, -0.2) is 23.4 Å². The second-order valence-corrected chi connectivity index (χ2v) is 5.18. The molecule has 2 rings (SSSR count). The van der Waals surface area contributed by atoms with E-state index in [4.69, 9.17) is 11.6 Å². The van der Waals surface area contributed by atoms with Crippen LogP contribution in [0.4, 0.5) is 0 Å². The first kappa shape index (κ1) is 9.50. The summed E-state index contributed by atoms with van der Waals surface area (Å²) in [5.41, 5.74) is 0. The highest BCUT2D eigenvalue weighted by Gasteiger charge is 2.16. The number of nitrogens with zero attached hydrogens (tertiary/aromatic N) is 1. The van der Waals surface area contributed by atoms with Crippen molar-refractivity contribution < 1.29 is 0 Å². The average molecular weight is 216 g/mol. The molecule has 0 radical (unpaired) electrons. The predicted molar refractivity (Wildman–Crippen MR) is 58.5 cm³/mol. The fraction of sp³-hybridized carbons (Fsp3) is 0.600. The van der Waals surface area contributed by atoms with Crippen molar-refractivity contribution in [2.75, 3.05) is 13.1 Å². The van der Waals surface area contributed by atoms with Gasteiger partial charge in [0.2, 0.25) is 0 Å². The molecule has 0 N–H and O–H groups in total. The topological polar surface area (TPSA) is 3.24 Å². The van der Waals surface area contributed by atoms with Gasteiger partial charge in [0.1, 0.15) is 0 Å². The van der Waals surface area contributed by atoms with Gasteiger partial charge in [0, 0.05) is 16.8 Å². The number of halogens is 1. The van der Waals surface area contributed by atoms with Gasteiger partial charge >= 0.3 is 0 Å². The van der Waals surface area contributed by atoms with E-state index < -0.39 is 0 Å².